The summed E-state index contributed by atoms with van der Waals surface area (Å²) in [4.78, 5) is 18.2. The fourth-order valence-electron chi connectivity index (χ4n) is 6.72. The number of imidazole rings is 2. The molecule has 3 aliphatic heterocycles. The van der Waals surface area contributed by atoms with Gasteiger partial charge in [0, 0.05) is 51.7 Å². The molecule has 0 atom stereocenters. The van der Waals surface area contributed by atoms with Gasteiger partial charge < -0.3 is 37.4 Å². The molecule has 0 spiro atoms. The van der Waals surface area contributed by atoms with Crippen molar-refractivity contribution < 1.29 is 37.4 Å². The van der Waals surface area contributed by atoms with Gasteiger partial charge in [0.25, 0.3) is 0 Å². The van der Waals surface area contributed by atoms with Gasteiger partial charge in [0.15, 0.2) is 11.3 Å². The molecule has 20 heteroatoms. The van der Waals surface area contributed by atoms with Crippen molar-refractivity contribution in [2.75, 3.05) is 13.2 Å². The van der Waals surface area contributed by atoms with Gasteiger partial charge in [-0.3, -0.25) is 9.13 Å². The third-order valence-electron chi connectivity index (χ3n) is 13.3. The lowest BCUT2D eigenvalue weighted by Crippen LogP contribution is -2.41. The van der Waals surface area contributed by atoms with Crippen LogP contribution in [0.4, 0.5) is 0 Å². The van der Waals surface area contributed by atoms with Crippen LogP contribution in [-0.2, 0) is 50.9 Å². The van der Waals surface area contributed by atoms with Crippen LogP contribution in [0.1, 0.15) is 94.7 Å². The van der Waals surface area contributed by atoms with Crippen LogP contribution in [0.5, 0.6) is 0 Å². The zero-order chi connectivity index (χ0) is 48.1. The number of halogens is 1. The Bertz CT molecular complexity index is 2160. The van der Waals surface area contributed by atoms with Crippen molar-refractivity contribution in [1.82, 2.24) is 29.1 Å². The van der Waals surface area contributed by atoms with Gasteiger partial charge in [-0.1, -0.05) is 39.3 Å². The van der Waals surface area contributed by atoms with Crippen LogP contribution in [0, 0.1) is 13.8 Å². The van der Waals surface area contributed by atoms with Gasteiger partial charge in [0.1, 0.15) is 36.1 Å². The highest BCUT2D eigenvalue weighted by atomic mass is 79.9. The summed E-state index contributed by atoms with van der Waals surface area (Å²) in [6.45, 7) is 45.1. The molecule has 0 bridgehead atoms. The average molecular weight is 986 g/mol. The average Bonchev–Trinajstić information content (AvgIpc) is 3.82. The van der Waals surface area contributed by atoms with Crippen LogP contribution >= 0.6 is 15.9 Å². The predicted octanol–water partition coefficient (Wildman–Crippen LogP) is 9.41. The Balaban J connectivity index is 0.000000186. The molecular weight excluding hydrogens is 909 g/mol. The Labute approximate surface area is 394 Å². The van der Waals surface area contributed by atoms with Crippen molar-refractivity contribution in [3.05, 3.63) is 40.6 Å². The Morgan fingerprint density at radius 3 is 1.27 bits per heavy atom. The lowest BCUT2D eigenvalue weighted by Gasteiger charge is -2.32. The molecule has 0 aromatic carbocycles. The lowest BCUT2D eigenvalue weighted by atomic mass is 9.49. The molecule has 64 heavy (non-hydrogen) atoms. The van der Waals surface area contributed by atoms with E-state index in [9.17, 15) is 0 Å². The molecule has 354 valence electrons. The van der Waals surface area contributed by atoms with E-state index in [0.717, 1.165) is 63.2 Å². The maximum Gasteiger partial charge on any atom is 0.496 e. The Morgan fingerprint density at radius 1 is 0.547 bits per heavy atom. The largest absolute Gasteiger partial charge is 0.496 e. The molecular formula is C44H76B3BrN6O8Si2. The number of rotatable bonds is 12. The normalized spacial score (nSPS) is 20.7. The molecule has 4 aromatic rings. The van der Waals surface area contributed by atoms with Crippen LogP contribution in [0.3, 0.4) is 0 Å². The molecule has 7 heterocycles. The highest BCUT2D eigenvalue weighted by Crippen LogP contribution is 2.43. The van der Waals surface area contributed by atoms with Crippen molar-refractivity contribution in [2.24, 2.45) is 0 Å². The van der Waals surface area contributed by atoms with Crippen LogP contribution in [0.25, 0.3) is 22.3 Å². The first-order valence-corrected chi connectivity index (χ1v) is 30.9. The molecule has 3 aliphatic rings. The summed E-state index contributed by atoms with van der Waals surface area (Å²) in [5.41, 5.74) is 2.18. The van der Waals surface area contributed by atoms with E-state index in [4.69, 9.17) is 37.4 Å². The maximum absolute atomic E-state index is 6.13. The van der Waals surface area contributed by atoms with E-state index in [-0.39, 0.29) is 33.6 Å². The first-order chi connectivity index (χ1) is 29.1. The lowest BCUT2D eigenvalue weighted by molar-refractivity contribution is 0.00578. The van der Waals surface area contributed by atoms with Gasteiger partial charge in [0.2, 0.25) is 0 Å². The number of ether oxygens (including phenoxy) is 2. The first kappa shape index (κ1) is 53.0. The van der Waals surface area contributed by atoms with Crippen LogP contribution in [0.15, 0.2) is 29.0 Å². The zero-order valence-corrected chi connectivity index (χ0v) is 46.2. The molecule has 0 aliphatic carbocycles. The van der Waals surface area contributed by atoms with Gasteiger partial charge in [-0.25, -0.2) is 19.9 Å². The minimum absolute atomic E-state index is 0.360. The summed E-state index contributed by atoms with van der Waals surface area (Å²) in [5.74, 6) is 1.84. The van der Waals surface area contributed by atoms with Crippen LogP contribution < -0.4 is 5.46 Å². The van der Waals surface area contributed by atoms with Crippen molar-refractivity contribution in [3.63, 3.8) is 0 Å². The predicted molar refractivity (Wildman–Crippen MR) is 268 cm³/mol. The summed E-state index contributed by atoms with van der Waals surface area (Å²) in [5, 5.41) is 0. The van der Waals surface area contributed by atoms with Crippen molar-refractivity contribution in [2.45, 2.75) is 195 Å². The minimum Gasteiger partial charge on any atom is -0.405 e. The van der Waals surface area contributed by atoms with Crippen molar-refractivity contribution in [3.8, 4) is 0 Å². The number of aromatic nitrogens is 6. The summed E-state index contributed by atoms with van der Waals surface area (Å²) >= 11 is 3.41. The Morgan fingerprint density at radius 2 is 0.891 bits per heavy atom. The van der Waals surface area contributed by atoms with Gasteiger partial charge >= 0.3 is 21.1 Å². The molecule has 4 aromatic heterocycles. The van der Waals surface area contributed by atoms with E-state index in [0.29, 0.717) is 13.5 Å². The molecule has 7 rings (SSSR count). The van der Waals surface area contributed by atoms with E-state index >= 15 is 0 Å². The number of nitrogens with zero attached hydrogens (tertiary/aromatic N) is 6. The molecule has 3 saturated heterocycles. The highest BCUT2D eigenvalue weighted by Gasteiger charge is 2.63. The number of hydrogen-bond acceptors (Lipinski definition) is 12. The van der Waals surface area contributed by atoms with E-state index in [1.165, 1.54) is 6.04 Å². The number of pyridine rings is 2. The Hall–Kier alpha value is -1.97. The summed E-state index contributed by atoms with van der Waals surface area (Å²) in [7, 11) is -3.49. The maximum atomic E-state index is 6.13. The third-order valence-corrected chi connectivity index (χ3v) is 17.1. The zero-order valence-electron chi connectivity index (χ0n) is 42.6. The molecule has 14 nitrogen and oxygen atoms in total. The number of hydrogen-bond donors (Lipinski definition) is 0. The molecule has 0 unspecified atom stereocenters. The van der Waals surface area contributed by atoms with E-state index < -0.39 is 37.3 Å². The second-order valence-corrected chi connectivity index (χ2v) is 35.0. The minimum atomic E-state index is -1.09. The monoisotopic (exact) mass is 984 g/mol. The van der Waals surface area contributed by atoms with E-state index in [1.54, 1.807) is 6.20 Å². The fraction of sp³-hybridized carbons (Fsp3) is 0.727. The molecule has 0 saturated carbocycles. The van der Waals surface area contributed by atoms with E-state index in [1.807, 2.05) is 96.7 Å². The smallest absolute Gasteiger partial charge is 0.405 e. The third kappa shape index (κ3) is 12.6. The molecule has 3 fully saturated rings. The van der Waals surface area contributed by atoms with Crippen molar-refractivity contribution >= 4 is 81.0 Å². The number of aryl methyl sites for hydroxylation is 2. The van der Waals surface area contributed by atoms with E-state index in [2.05, 4.69) is 103 Å². The highest BCUT2D eigenvalue weighted by molar-refractivity contribution is 9.10. The summed E-state index contributed by atoms with van der Waals surface area (Å²) in [6.07, 6.45) is 3.62. The van der Waals surface area contributed by atoms with Gasteiger partial charge in [-0.2, -0.15) is 0 Å². The molecule has 0 radical (unpaired) electrons. The molecule has 0 amide bonds. The van der Waals surface area contributed by atoms with Crippen LogP contribution in [0.2, 0.25) is 51.4 Å². The topological polar surface area (TPSA) is 135 Å². The molecule has 0 N–H and O–H groups in total. The summed E-state index contributed by atoms with van der Waals surface area (Å²) < 4.78 is 52.8. The van der Waals surface area contributed by atoms with Gasteiger partial charge in [-0.15, -0.1) is 0 Å². The quantitative estimate of drug-likeness (QED) is 0.0989. The van der Waals surface area contributed by atoms with Gasteiger partial charge in [-0.05, 0) is 137 Å². The standard InChI is InChI=1S/C19H32BN3O3Si.C13H20BrN3OSi.C12H24B2O4/c1-14-22-16-11-15(20-25-18(2,3)19(4,5)26-20)12-21-17(16)23(14)13-24-9-10-27(6,7)8;1-10-16-12-7-11(14)8-15-13(12)17(10)9-18-5-6-19(2,3)4;1-9(2)10(3,4)16-13(15-9)14-17-11(5,6)12(7,8)18-14/h11-12H,9-10,13H2,1-8H3;7-8H,5-6,9H2,1-4H3;1-8H3. The second kappa shape index (κ2) is 19.2. The first-order valence-electron chi connectivity index (χ1n) is 22.7. The Kier molecular flexibility index (Phi) is 15.9. The second-order valence-electron chi connectivity index (χ2n) is 22.8. The number of fused-ring (bicyclic) bond motifs is 2. The summed E-state index contributed by atoms with van der Waals surface area (Å²) in [6, 6.07) is 6.32. The van der Waals surface area contributed by atoms with Crippen molar-refractivity contribution in [1.29, 1.82) is 0 Å². The van der Waals surface area contributed by atoms with Gasteiger partial charge in [0.05, 0.1) is 33.6 Å². The van der Waals surface area contributed by atoms with Crippen LogP contribution in [-0.4, -0.2) is 113 Å². The SMILES string of the molecule is CC1(C)OB(B2OC(C)(C)C(C)(C)O2)OC1(C)C.Cc1nc2cc(B3OC(C)(C)C(C)(C)O3)cnc2n1COCC[Si](C)(C)C.Cc1nc2cc(Br)cnc2n1COCC[Si](C)(C)C. The fourth-order valence-corrected chi connectivity index (χ4v) is 8.56.